The van der Waals surface area contributed by atoms with E-state index in [-0.39, 0.29) is 18.5 Å². The molecule has 0 spiro atoms. The molecule has 0 aromatic carbocycles. The lowest BCUT2D eigenvalue weighted by Gasteiger charge is -2.20. The van der Waals surface area contributed by atoms with Crippen molar-refractivity contribution < 1.29 is 24.5 Å². The molecule has 0 aromatic heterocycles. The van der Waals surface area contributed by atoms with Gasteiger partial charge in [0.15, 0.2) is 0 Å². The number of carbonyl (C=O) groups excluding carboxylic acids is 2. The lowest BCUT2D eigenvalue weighted by Crippen LogP contribution is -2.45. The topological polar surface area (TPSA) is 95.9 Å². The maximum atomic E-state index is 12.5. The fourth-order valence-electron chi connectivity index (χ4n) is 10.7. The minimum absolute atomic E-state index is 0.000903. The van der Waals surface area contributed by atoms with Crippen LogP contribution in [-0.4, -0.2) is 47.4 Å². The molecule has 0 aliphatic carbocycles. The van der Waals surface area contributed by atoms with Crippen LogP contribution in [0.15, 0.2) is 36.5 Å². The van der Waals surface area contributed by atoms with E-state index in [0.29, 0.717) is 19.4 Å². The molecule has 2 atom stereocenters. The number of unbranched alkanes of at least 4 members (excludes halogenated alkanes) is 49. The summed E-state index contributed by atoms with van der Waals surface area (Å²) in [6.45, 7) is 4.87. The largest absolute Gasteiger partial charge is 0.466 e. The van der Waals surface area contributed by atoms with Gasteiger partial charge in [-0.2, -0.15) is 0 Å². The van der Waals surface area contributed by atoms with Crippen LogP contribution in [0.5, 0.6) is 0 Å². The van der Waals surface area contributed by atoms with Crippen LogP contribution in [0.1, 0.15) is 373 Å². The van der Waals surface area contributed by atoms with E-state index in [2.05, 4.69) is 43.5 Å². The molecule has 0 aliphatic heterocycles. The van der Waals surface area contributed by atoms with Crippen LogP contribution in [0, 0.1) is 0 Å². The van der Waals surface area contributed by atoms with Gasteiger partial charge in [0.05, 0.1) is 25.4 Å². The van der Waals surface area contributed by atoms with Gasteiger partial charge in [0.25, 0.3) is 0 Å². The fraction of sp³-hybridized carbons (Fsp3) is 0.886. The molecular formula is C70H133NO5. The summed E-state index contributed by atoms with van der Waals surface area (Å²) in [5, 5.41) is 23.2. The Kier molecular flexibility index (Phi) is 63.9. The van der Waals surface area contributed by atoms with Crippen LogP contribution >= 0.6 is 0 Å². The van der Waals surface area contributed by atoms with Crippen molar-refractivity contribution in [3.8, 4) is 0 Å². The number of allylic oxidation sites excluding steroid dienone is 5. The zero-order valence-electron chi connectivity index (χ0n) is 51.3. The van der Waals surface area contributed by atoms with Gasteiger partial charge < -0.3 is 20.3 Å². The summed E-state index contributed by atoms with van der Waals surface area (Å²) in [5.74, 6) is -0.0620. The highest BCUT2D eigenvalue weighted by Gasteiger charge is 2.18. The highest BCUT2D eigenvalue weighted by molar-refractivity contribution is 5.76. The Bertz CT molecular complexity index is 1230. The minimum atomic E-state index is -0.845. The third-order valence-corrected chi connectivity index (χ3v) is 15.9. The molecule has 0 radical (unpaired) electrons. The number of ether oxygens (including phenoxy) is 1. The first-order valence-electron chi connectivity index (χ1n) is 34.3. The Morgan fingerprint density at radius 1 is 0.368 bits per heavy atom. The second-order valence-corrected chi connectivity index (χ2v) is 23.5. The van der Waals surface area contributed by atoms with Gasteiger partial charge in [-0.05, 0) is 57.8 Å². The zero-order valence-corrected chi connectivity index (χ0v) is 51.3. The van der Waals surface area contributed by atoms with Gasteiger partial charge in [0.2, 0.25) is 5.91 Å². The second kappa shape index (κ2) is 65.6. The summed E-state index contributed by atoms with van der Waals surface area (Å²) in [6.07, 6.45) is 83.6. The maximum absolute atomic E-state index is 12.5. The zero-order chi connectivity index (χ0) is 55.0. The lowest BCUT2D eigenvalue weighted by atomic mass is 10.0. The Labute approximate surface area is 474 Å². The van der Waals surface area contributed by atoms with E-state index in [0.717, 1.165) is 51.4 Å². The van der Waals surface area contributed by atoms with E-state index in [1.54, 1.807) is 6.08 Å². The summed E-state index contributed by atoms with van der Waals surface area (Å²) in [4.78, 5) is 24.6. The Hall–Kier alpha value is -1.92. The van der Waals surface area contributed by atoms with Gasteiger partial charge in [0, 0.05) is 12.8 Å². The molecule has 0 aromatic rings. The van der Waals surface area contributed by atoms with Crippen molar-refractivity contribution in [3.05, 3.63) is 36.5 Å². The van der Waals surface area contributed by atoms with Crippen LogP contribution in [-0.2, 0) is 14.3 Å². The Morgan fingerprint density at radius 2 is 0.684 bits per heavy atom. The molecule has 0 aliphatic rings. The standard InChI is InChI=1S/C70H133NO5/c1-3-5-7-9-11-13-15-17-18-19-20-26-29-32-35-39-42-46-50-54-58-62-68(73)67(66-72)71-69(74)63-59-55-51-47-43-40-36-33-30-27-24-22-21-23-25-28-31-34-37-41-45-49-53-57-61-65-76-70(75)64-60-56-52-48-44-38-16-14-12-10-8-6-4-2/h8,10,14,16,58,62,67-68,72-73H,3-7,9,11-13,15,17-57,59-61,63-66H2,1-2H3,(H,71,74)/b10-8-,16-14-,62-58+. The SMILES string of the molecule is CCC/C=C\C/C=C\CCCCCCCC(=O)OCCCCCCCCCCCCCCCCCCCCCCCCCCCC(=O)NC(CO)C(O)/C=C/CCCCCCCCCCCCCCCCCCCCC. The summed E-state index contributed by atoms with van der Waals surface area (Å²) in [6, 6.07) is -0.628. The van der Waals surface area contributed by atoms with Crippen LogP contribution in [0.25, 0.3) is 0 Å². The Balaban J connectivity index is 3.40. The molecule has 6 nitrogen and oxygen atoms in total. The lowest BCUT2D eigenvalue weighted by molar-refractivity contribution is -0.143. The average Bonchev–Trinajstić information content (AvgIpc) is 3.42. The van der Waals surface area contributed by atoms with Gasteiger partial charge in [-0.15, -0.1) is 0 Å². The molecule has 0 saturated carbocycles. The third kappa shape index (κ3) is 61.3. The first-order chi connectivity index (χ1) is 37.5. The number of aliphatic hydroxyl groups is 2. The summed E-state index contributed by atoms with van der Waals surface area (Å²) in [5.41, 5.74) is 0. The summed E-state index contributed by atoms with van der Waals surface area (Å²) < 4.78 is 5.47. The number of esters is 1. The van der Waals surface area contributed by atoms with Crippen LogP contribution in [0.2, 0.25) is 0 Å². The molecule has 0 fully saturated rings. The first kappa shape index (κ1) is 74.1. The van der Waals surface area contributed by atoms with Crippen LogP contribution in [0.3, 0.4) is 0 Å². The van der Waals surface area contributed by atoms with Crippen molar-refractivity contribution in [2.45, 2.75) is 386 Å². The van der Waals surface area contributed by atoms with E-state index in [1.165, 1.54) is 295 Å². The molecule has 0 rings (SSSR count). The minimum Gasteiger partial charge on any atom is -0.466 e. The van der Waals surface area contributed by atoms with E-state index in [1.807, 2.05) is 6.08 Å². The smallest absolute Gasteiger partial charge is 0.305 e. The number of nitrogens with one attached hydrogen (secondary N) is 1. The molecule has 3 N–H and O–H groups in total. The van der Waals surface area contributed by atoms with Gasteiger partial charge in [-0.3, -0.25) is 9.59 Å². The van der Waals surface area contributed by atoms with Crippen molar-refractivity contribution in [3.63, 3.8) is 0 Å². The molecule has 6 heteroatoms. The monoisotopic (exact) mass is 1070 g/mol. The molecule has 448 valence electrons. The number of amides is 1. The summed E-state index contributed by atoms with van der Waals surface area (Å²) in [7, 11) is 0. The highest BCUT2D eigenvalue weighted by atomic mass is 16.5. The molecular weight excluding hydrogens is 935 g/mol. The van der Waals surface area contributed by atoms with Gasteiger partial charge in [0.1, 0.15) is 0 Å². The first-order valence-corrected chi connectivity index (χ1v) is 34.3. The molecule has 1 amide bonds. The third-order valence-electron chi connectivity index (χ3n) is 15.9. The number of carbonyl (C=O) groups is 2. The van der Waals surface area contributed by atoms with Gasteiger partial charge in [-0.1, -0.05) is 339 Å². The van der Waals surface area contributed by atoms with Gasteiger partial charge in [-0.25, -0.2) is 0 Å². The van der Waals surface area contributed by atoms with E-state index in [4.69, 9.17) is 4.74 Å². The van der Waals surface area contributed by atoms with Crippen molar-refractivity contribution in [2.75, 3.05) is 13.2 Å². The predicted octanol–water partition coefficient (Wildman–Crippen LogP) is 21.9. The molecule has 0 bridgehead atoms. The van der Waals surface area contributed by atoms with Crippen LogP contribution in [0.4, 0.5) is 0 Å². The van der Waals surface area contributed by atoms with Crippen molar-refractivity contribution in [1.29, 1.82) is 0 Å². The van der Waals surface area contributed by atoms with E-state index in [9.17, 15) is 19.8 Å². The average molecular weight is 1070 g/mol. The molecule has 0 saturated heterocycles. The Morgan fingerprint density at radius 3 is 1.05 bits per heavy atom. The quantitative estimate of drug-likeness (QED) is 0.0320. The normalized spacial score (nSPS) is 12.7. The molecule has 0 heterocycles. The van der Waals surface area contributed by atoms with E-state index < -0.39 is 12.1 Å². The molecule has 76 heavy (non-hydrogen) atoms. The molecule has 2 unspecified atom stereocenters. The van der Waals surface area contributed by atoms with Crippen LogP contribution < -0.4 is 5.32 Å². The highest BCUT2D eigenvalue weighted by Crippen LogP contribution is 2.19. The number of hydrogen-bond acceptors (Lipinski definition) is 5. The number of hydrogen-bond donors (Lipinski definition) is 3. The second-order valence-electron chi connectivity index (χ2n) is 23.5. The number of rotatable bonds is 64. The fourth-order valence-corrected chi connectivity index (χ4v) is 10.7. The van der Waals surface area contributed by atoms with E-state index >= 15 is 0 Å². The predicted molar refractivity (Wildman–Crippen MR) is 333 cm³/mol. The number of aliphatic hydroxyl groups excluding tert-OH is 2. The van der Waals surface area contributed by atoms with Gasteiger partial charge >= 0.3 is 5.97 Å². The van der Waals surface area contributed by atoms with Crippen molar-refractivity contribution >= 4 is 11.9 Å². The van der Waals surface area contributed by atoms with Crippen molar-refractivity contribution in [1.82, 2.24) is 5.32 Å². The van der Waals surface area contributed by atoms with Crippen molar-refractivity contribution in [2.24, 2.45) is 0 Å². The summed E-state index contributed by atoms with van der Waals surface area (Å²) >= 11 is 0. The maximum Gasteiger partial charge on any atom is 0.305 e.